The van der Waals surface area contributed by atoms with E-state index in [0.29, 0.717) is 17.8 Å². The molecule has 4 N–H and O–H groups in total. The average Bonchev–Trinajstić information content (AvgIpc) is 3.14. The molecule has 3 aromatic rings. The van der Waals surface area contributed by atoms with Crippen LogP contribution in [0.5, 0.6) is 0 Å². The zero-order valence-electron chi connectivity index (χ0n) is 19.9. The number of carbonyl (C=O) groups excluding carboxylic acids is 1. The maximum atomic E-state index is 13.0. The number of aromatic nitrogens is 3. The molecule has 184 valence electrons. The van der Waals surface area contributed by atoms with Gasteiger partial charge in [-0.1, -0.05) is 13.8 Å². The summed E-state index contributed by atoms with van der Waals surface area (Å²) in [4.78, 5) is 24.3. The normalized spacial score (nSPS) is 14.5. The third-order valence-electron chi connectivity index (χ3n) is 5.59. The number of alkyl halides is 3. The summed E-state index contributed by atoms with van der Waals surface area (Å²) >= 11 is 0. The van der Waals surface area contributed by atoms with Crippen LogP contribution < -0.4 is 11.1 Å². The number of hydrogen-bond donors (Lipinski definition) is 3. The topological polar surface area (TPSA) is 106 Å². The lowest BCUT2D eigenvalue weighted by atomic mass is 9.79. The highest BCUT2D eigenvalue weighted by atomic mass is 19.4. The van der Waals surface area contributed by atoms with E-state index in [-0.39, 0.29) is 11.2 Å². The van der Waals surface area contributed by atoms with Gasteiger partial charge in [0.15, 0.2) is 0 Å². The molecular weight excluding hydrogens is 447 g/mol. The second-order valence-electron chi connectivity index (χ2n) is 9.60. The summed E-state index contributed by atoms with van der Waals surface area (Å²) in [5.74, 6) is -1.48. The first-order chi connectivity index (χ1) is 15.7. The smallest absolute Gasteiger partial charge is 0.371 e. The summed E-state index contributed by atoms with van der Waals surface area (Å²) < 4.78 is 44.9. The largest absolute Gasteiger partial charge is 0.401 e. The molecule has 1 atom stereocenters. The van der Waals surface area contributed by atoms with Gasteiger partial charge >= 0.3 is 6.18 Å². The van der Waals surface area contributed by atoms with Crippen molar-refractivity contribution in [3.8, 4) is 11.1 Å². The summed E-state index contributed by atoms with van der Waals surface area (Å²) in [6.07, 6.45) is 1.90. The van der Waals surface area contributed by atoms with Crippen molar-refractivity contribution in [3.63, 3.8) is 0 Å². The Labute approximate surface area is 196 Å². The van der Waals surface area contributed by atoms with Crippen molar-refractivity contribution in [2.45, 2.75) is 58.5 Å². The first-order valence-electron chi connectivity index (χ1n) is 10.9. The van der Waals surface area contributed by atoms with Gasteiger partial charge < -0.3 is 15.5 Å². The molecule has 34 heavy (non-hydrogen) atoms. The van der Waals surface area contributed by atoms with Gasteiger partial charge in [-0.3, -0.25) is 15.1 Å². The highest BCUT2D eigenvalue weighted by molar-refractivity contribution is 5.94. The van der Waals surface area contributed by atoms with E-state index < -0.39 is 30.1 Å². The molecule has 0 aliphatic heterocycles. The maximum Gasteiger partial charge on any atom is 0.401 e. The van der Waals surface area contributed by atoms with E-state index in [2.05, 4.69) is 20.3 Å². The van der Waals surface area contributed by atoms with E-state index in [4.69, 9.17) is 10.5 Å². The Hall–Kier alpha value is -2.98. The minimum atomic E-state index is -4.52. The molecule has 3 rings (SSSR count). The van der Waals surface area contributed by atoms with Gasteiger partial charge in [0.05, 0.1) is 18.8 Å². The monoisotopic (exact) mass is 477 g/mol. The van der Waals surface area contributed by atoms with Crippen LogP contribution in [0.4, 0.5) is 13.2 Å². The predicted molar refractivity (Wildman–Crippen MR) is 124 cm³/mol. The number of pyridine rings is 2. The lowest BCUT2D eigenvalue weighted by molar-refractivity contribution is -0.139. The Kier molecular flexibility index (Phi) is 7.05. The number of fused-ring (bicyclic) bond motifs is 1. The van der Waals surface area contributed by atoms with Crippen molar-refractivity contribution >= 4 is 16.9 Å². The first-order valence-corrected chi connectivity index (χ1v) is 10.9. The number of nitrogens with zero attached hydrogens (tertiary/aromatic N) is 2. The molecule has 0 aromatic carbocycles. The maximum absolute atomic E-state index is 13.0. The predicted octanol–water partition coefficient (Wildman–Crippen LogP) is 4.43. The van der Waals surface area contributed by atoms with Crippen LogP contribution in [0.1, 0.15) is 45.7 Å². The molecule has 0 bridgehead atoms. The fourth-order valence-corrected chi connectivity index (χ4v) is 3.86. The zero-order valence-corrected chi connectivity index (χ0v) is 19.9. The summed E-state index contributed by atoms with van der Waals surface area (Å²) in [5, 5.41) is 3.16. The fourth-order valence-electron chi connectivity index (χ4n) is 3.86. The number of hydrogen-bond acceptors (Lipinski definition) is 5. The van der Waals surface area contributed by atoms with Crippen LogP contribution in [0.15, 0.2) is 36.9 Å². The summed E-state index contributed by atoms with van der Waals surface area (Å²) in [5.41, 5.74) is 6.70. The van der Waals surface area contributed by atoms with Crippen molar-refractivity contribution in [3.05, 3.63) is 48.0 Å². The molecule has 0 saturated heterocycles. The number of nitrogens with one attached hydrogen (secondary N) is 2. The minimum Gasteiger partial charge on any atom is -0.371 e. The van der Waals surface area contributed by atoms with Gasteiger partial charge in [0.1, 0.15) is 11.2 Å². The number of rotatable bonds is 8. The molecule has 1 amide bonds. The fraction of sp³-hybridized carbons (Fsp3) is 0.458. The van der Waals surface area contributed by atoms with E-state index in [1.54, 1.807) is 38.5 Å². The van der Waals surface area contributed by atoms with Gasteiger partial charge in [-0.25, -0.2) is 4.98 Å². The Morgan fingerprint density at radius 3 is 2.47 bits per heavy atom. The second kappa shape index (κ2) is 9.34. The molecule has 0 radical (unpaired) electrons. The molecular formula is C24H30F3N5O2. The molecule has 0 saturated carbocycles. The number of primary amides is 1. The summed E-state index contributed by atoms with van der Waals surface area (Å²) in [7, 11) is 0. The molecule has 0 unspecified atom stereocenters. The number of H-pyrrole nitrogens is 1. The quantitative estimate of drug-likeness (QED) is 0.445. The Morgan fingerprint density at radius 1 is 1.18 bits per heavy atom. The molecule has 0 aliphatic carbocycles. The van der Waals surface area contributed by atoms with E-state index in [9.17, 15) is 18.0 Å². The van der Waals surface area contributed by atoms with E-state index in [0.717, 1.165) is 16.5 Å². The van der Waals surface area contributed by atoms with Crippen molar-refractivity contribution in [1.82, 2.24) is 20.3 Å². The second-order valence-corrected chi connectivity index (χ2v) is 9.60. The van der Waals surface area contributed by atoms with Gasteiger partial charge in [0, 0.05) is 46.9 Å². The lowest BCUT2D eigenvalue weighted by Crippen LogP contribution is -2.58. The molecule has 3 aromatic heterocycles. The van der Waals surface area contributed by atoms with Gasteiger partial charge in [-0.15, -0.1) is 0 Å². The van der Waals surface area contributed by atoms with E-state index in [1.165, 1.54) is 6.20 Å². The summed E-state index contributed by atoms with van der Waals surface area (Å²) in [6.45, 7) is 8.16. The van der Waals surface area contributed by atoms with Crippen molar-refractivity contribution < 1.29 is 22.7 Å². The van der Waals surface area contributed by atoms with Crippen LogP contribution >= 0.6 is 0 Å². The number of amides is 1. The van der Waals surface area contributed by atoms with Crippen molar-refractivity contribution in [2.75, 3.05) is 6.54 Å². The zero-order chi connectivity index (χ0) is 25.3. The van der Waals surface area contributed by atoms with Crippen molar-refractivity contribution in [2.24, 2.45) is 11.7 Å². The Balaban J connectivity index is 2.06. The number of nitrogens with two attached hydrogens (primary N) is 1. The summed E-state index contributed by atoms with van der Waals surface area (Å²) in [6, 6.07) is 3.58. The first kappa shape index (κ1) is 25.6. The molecule has 0 spiro atoms. The highest BCUT2D eigenvalue weighted by Gasteiger charge is 2.44. The van der Waals surface area contributed by atoms with Crippen LogP contribution in [0.3, 0.4) is 0 Å². The Bertz CT molecular complexity index is 1170. The molecule has 7 nitrogen and oxygen atoms in total. The van der Waals surface area contributed by atoms with Crippen LogP contribution in [0.25, 0.3) is 22.2 Å². The molecule has 10 heteroatoms. The van der Waals surface area contributed by atoms with Crippen LogP contribution in [0, 0.1) is 5.92 Å². The van der Waals surface area contributed by atoms with Crippen LogP contribution in [0.2, 0.25) is 0 Å². The minimum absolute atomic E-state index is 0.256. The van der Waals surface area contributed by atoms with Crippen LogP contribution in [-0.4, -0.2) is 39.2 Å². The molecule has 3 heterocycles. The molecule has 0 aliphatic rings. The molecule has 0 fully saturated rings. The highest BCUT2D eigenvalue weighted by Crippen LogP contribution is 2.35. The standard InChI is InChI=1S/C24H30F3N5O2/c1-14(2)24(21(28)33,32-13-23(25,26)27)17-7-16(9-29-10-17)19-11-31-20-18(19)6-15(8-30-20)12-34-22(3,4)5/h6-11,14,32H,12-13H2,1-5H3,(H2,28,33)(H,30,31)/t24-/m0/s1. The number of carbonyl (C=O) groups is 1. The average molecular weight is 478 g/mol. The Morgan fingerprint density at radius 2 is 1.88 bits per heavy atom. The van der Waals surface area contributed by atoms with E-state index in [1.807, 2.05) is 26.8 Å². The van der Waals surface area contributed by atoms with E-state index >= 15 is 0 Å². The van der Waals surface area contributed by atoms with Gasteiger partial charge in [-0.05, 0) is 44.4 Å². The third-order valence-corrected chi connectivity index (χ3v) is 5.59. The van der Waals surface area contributed by atoms with Crippen LogP contribution in [-0.2, 0) is 21.7 Å². The third kappa shape index (κ3) is 5.56. The van der Waals surface area contributed by atoms with Gasteiger partial charge in [0.25, 0.3) is 0 Å². The number of halogens is 3. The van der Waals surface area contributed by atoms with Crippen molar-refractivity contribution in [1.29, 1.82) is 0 Å². The van der Waals surface area contributed by atoms with Gasteiger partial charge in [-0.2, -0.15) is 13.2 Å². The number of aromatic amines is 1. The SMILES string of the molecule is CC(C)[C@@](NCC(F)(F)F)(C(N)=O)c1cncc(-c2c[nH]c3ncc(COC(C)(C)C)cc23)c1. The van der Waals surface area contributed by atoms with Gasteiger partial charge in [0.2, 0.25) is 5.91 Å². The lowest BCUT2D eigenvalue weighted by Gasteiger charge is -2.36. The number of ether oxygens (including phenoxy) is 1.